The predicted molar refractivity (Wildman–Crippen MR) is 99.0 cm³/mol. The first-order valence-corrected chi connectivity index (χ1v) is 8.26. The zero-order chi connectivity index (χ0) is 18.4. The molecule has 3 rings (SSSR count). The number of fused-ring (bicyclic) bond motifs is 1. The fraction of sp³-hybridized carbons (Fsp3) is 0.250. The van der Waals surface area contributed by atoms with Crippen LogP contribution in [0.2, 0.25) is 0 Å². The molecule has 1 aromatic heterocycles. The third kappa shape index (κ3) is 3.65. The van der Waals surface area contributed by atoms with Gasteiger partial charge in [0.2, 0.25) is 0 Å². The Labute approximate surface area is 146 Å². The van der Waals surface area contributed by atoms with Crippen LogP contribution in [0.3, 0.4) is 0 Å². The molecule has 5 heteroatoms. The van der Waals surface area contributed by atoms with Crippen LogP contribution in [0.5, 0.6) is 11.5 Å². The van der Waals surface area contributed by atoms with Crippen molar-refractivity contribution in [1.82, 2.24) is 4.98 Å². The fourth-order valence-electron chi connectivity index (χ4n) is 2.53. The lowest BCUT2D eigenvalue weighted by atomic mass is 10.0. The number of rotatable bonds is 4. The molecule has 3 aromatic rings. The summed E-state index contributed by atoms with van der Waals surface area (Å²) < 4.78 is 24.7. The van der Waals surface area contributed by atoms with Crippen molar-refractivity contribution in [3.05, 3.63) is 58.6 Å². The topological polar surface area (TPSA) is 51.3 Å². The molecule has 0 amide bonds. The SMILES string of the molecule is CC.CCOc1ccc(F)c2c(=O)c(-c3ccc(OC)cc3)c[nH]c12. The number of methoxy groups -OCH3 is 1. The van der Waals surface area contributed by atoms with E-state index >= 15 is 0 Å². The summed E-state index contributed by atoms with van der Waals surface area (Å²) in [6, 6.07) is 9.81. The third-order valence-corrected chi connectivity index (χ3v) is 3.65. The molecule has 0 aliphatic heterocycles. The first-order chi connectivity index (χ1) is 12.2. The number of H-pyrrole nitrogens is 1. The number of halogens is 1. The minimum Gasteiger partial charge on any atom is -0.497 e. The molecule has 4 nitrogen and oxygen atoms in total. The van der Waals surface area contributed by atoms with Crippen molar-refractivity contribution in [2.24, 2.45) is 0 Å². The van der Waals surface area contributed by atoms with Gasteiger partial charge in [0.15, 0.2) is 5.43 Å². The summed E-state index contributed by atoms with van der Waals surface area (Å²) in [5, 5.41) is 0.00395. The lowest BCUT2D eigenvalue weighted by Gasteiger charge is -2.10. The molecule has 1 heterocycles. The molecule has 0 unspecified atom stereocenters. The van der Waals surface area contributed by atoms with E-state index in [0.29, 0.717) is 34.7 Å². The Kier molecular flexibility index (Phi) is 6.17. The number of hydrogen-bond donors (Lipinski definition) is 1. The van der Waals surface area contributed by atoms with Gasteiger partial charge in [-0.3, -0.25) is 4.79 Å². The number of benzene rings is 2. The van der Waals surface area contributed by atoms with E-state index in [4.69, 9.17) is 9.47 Å². The number of aromatic nitrogens is 1. The van der Waals surface area contributed by atoms with Crippen molar-refractivity contribution in [3.8, 4) is 22.6 Å². The van der Waals surface area contributed by atoms with Crippen molar-refractivity contribution < 1.29 is 13.9 Å². The van der Waals surface area contributed by atoms with Gasteiger partial charge >= 0.3 is 0 Å². The van der Waals surface area contributed by atoms with E-state index in [-0.39, 0.29) is 10.8 Å². The van der Waals surface area contributed by atoms with E-state index in [1.165, 1.54) is 12.1 Å². The fourth-order valence-corrected chi connectivity index (χ4v) is 2.53. The van der Waals surface area contributed by atoms with Crippen molar-refractivity contribution in [2.75, 3.05) is 13.7 Å². The Balaban J connectivity index is 0.00000109. The highest BCUT2D eigenvalue weighted by Gasteiger charge is 2.14. The lowest BCUT2D eigenvalue weighted by molar-refractivity contribution is 0.343. The van der Waals surface area contributed by atoms with E-state index in [2.05, 4.69) is 4.98 Å². The maximum Gasteiger partial charge on any atom is 0.200 e. The minimum absolute atomic E-state index is 0.00395. The molecule has 0 radical (unpaired) electrons. The summed E-state index contributed by atoms with van der Waals surface area (Å²) in [7, 11) is 1.57. The lowest BCUT2D eigenvalue weighted by Crippen LogP contribution is -2.09. The maximum absolute atomic E-state index is 14.2. The van der Waals surface area contributed by atoms with Gasteiger partial charge in [-0.05, 0) is 36.8 Å². The smallest absolute Gasteiger partial charge is 0.200 e. The number of aromatic amines is 1. The Morgan fingerprint density at radius 3 is 2.36 bits per heavy atom. The second-order valence-electron chi connectivity index (χ2n) is 4.99. The van der Waals surface area contributed by atoms with Gasteiger partial charge in [-0.25, -0.2) is 4.39 Å². The number of ether oxygens (including phenoxy) is 2. The van der Waals surface area contributed by atoms with Crippen LogP contribution < -0.4 is 14.9 Å². The molecule has 0 atom stereocenters. The molecule has 0 fully saturated rings. The molecule has 0 saturated heterocycles. The number of nitrogens with one attached hydrogen (secondary N) is 1. The number of pyridine rings is 1. The van der Waals surface area contributed by atoms with E-state index in [1.807, 2.05) is 20.8 Å². The second-order valence-corrected chi connectivity index (χ2v) is 4.99. The third-order valence-electron chi connectivity index (χ3n) is 3.65. The molecule has 0 saturated carbocycles. The van der Waals surface area contributed by atoms with E-state index in [0.717, 1.165) is 0 Å². The second kappa shape index (κ2) is 8.33. The van der Waals surface area contributed by atoms with Crippen molar-refractivity contribution >= 4 is 10.9 Å². The zero-order valence-electron chi connectivity index (χ0n) is 14.9. The quantitative estimate of drug-likeness (QED) is 0.742. The molecular formula is C20H22FNO3. The average molecular weight is 343 g/mol. The Morgan fingerprint density at radius 2 is 1.76 bits per heavy atom. The van der Waals surface area contributed by atoms with Crippen LogP contribution in [0.1, 0.15) is 20.8 Å². The summed E-state index contributed by atoms with van der Waals surface area (Å²) in [6.45, 7) is 6.27. The van der Waals surface area contributed by atoms with Crippen LogP contribution in [0.15, 0.2) is 47.4 Å². The first kappa shape index (κ1) is 18.5. The van der Waals surface area contributed by atoms with Gasteiger partial charge in [-0.15, -0.1) is 0 Å². The van der Waals surface area contributed by atoms with Crippen LogP contribution in [-0.2, 0) is 0 Å². The Hall–Kier alpha value is -2.82. The van der Waals surface area contributed by atoms with Gasteiger partial charge < -0.3 is 14.5 Å². The van der Waals surface area contributed by atoms with E-state index < -0.39 is 5.82 Å². The monoisotopic (exact) mass is 343 g/mol. The van der Waals surface area contributed by atoms with Crippen LogP contribution in [0.25, 0.3) is 22.0 Å². The summed E-state index contributed by atoms with van der Waals surface area (Å²) in [4.78, 5) is 15.7. The highest BCUT2D eigenvalue weighted by atomic mass is 19.1. The Bertz CT molecular complexity index is 901. The van der Waals surface area contributed by atoms with Crippen LogP contribution in [0, 0.1) is 5.82 Å². The predicted octanol–water partition coefficient (Wildman–Crippen LogP) is 4.77. The molecule has 132 valence electrons. The van der Waals surface area contributed by atoms with Crippen LogP contribution >= 0.6 is 0 Å². The van der Waals surface area contributed by atoms with Crippen LogP contribution in [-0.4, -0.2) is 18.7 Å². The maximum atomic E-state index is 14.2. The summed E-state index contributed by atoms with van der Waals surface area (Å²) in [6.07, 6.45) is 1.58. The van der Waals surface area contributed by atoms with Gasteiger partial charge in [0.05, 0.1) is 24.6 Å². The van der Waals surface area contributed by atoms with Gasteiger partial charge in [-0.1, -0.05) is 26.0 Å². The van der Waals surface area contributed by atoms with Gasteiger partial charge in [-0.2, -0.15) is 0 Å². The summed E-state index contributed by atoms with van der Waals surface area (Å²) >= 11 is 0. The van der Waals surface area contributed by atoms with Crippen molar-refractivity contribution in [3.63, 3.8) is 0 Å². The van der Waals surface area contributed by atoms with Gasteiger partial charge in [0.25, 0.3) is 0 Å². The molecular weight excluding hydrogens is 321 g/mol. The highest BCUT2D eigenvalue weighted by molar-refractivity contribution is 5.88. The largest absolute Gasteiger partial charge is 0.497 e. The zero-order valence-corrected chi connectivity index (χ0v) is 14.9. The molecule has 0 aliphatic rings. The Morgan fingerprint density at radius 1 is 1.08 bits per heavy atom. The average Bonchev–Trinajstić information content (AvgIpc) is 2.66. The normalized spacial score (nSPS) is 10.1. The summed E-state index contributed by atoms with van der Waals surface area (Å²) in [5.74, 6) is 0.582. The first-order valence-electron chi connectivity index (χ1n) is 8.26. The van der Waals surface area contributed by atoms with Gasteiger partial charge in [0, 0.05) is 11.8 Å². The minimum atomic E-state index is -0.569. The van der Waals surface area contributed by atoms with Crippen LogP contribution in [0.4, 0.5) is 4.39 Å². The molecule has 0 spiro atoms. The standard InChI is InChI=1S/C18H16FNO3.C2H6/c1-3-23-15-9-8-14(19)16-17(15)20-10-13(18(16)21)11-4-6-12(22-2)7-5-11;1-2/h4-10H,3H2,1-2H3,(H,20,21);1-2H3. The summed E-state index contributed by atoms with van der Waals surface area (Å²) in [5.41, 5.74) is 1.08. The molecule has 0 aliphatic carbocycles. The van der Waals surface area contributed by atoms with Crippen molar-refractivity contribution in [2.45, 2.75) is 20.8 Å². The molecule has 25 heavy (non-hydrogen) atoms. The van der Waals surface area contributed by atoms with Crippen molar-refractivity contribution in [1.29, 1.82) is 0 Å². The van der Waals surface area contributed by atoms with Gasteiger partial charge in [0.1, 0.15) is 17.3 Å². The molecule has 1 N–H and O–H groups in total. The highest BCUT2D eigenvalue weighted by Crippen LogP contribution is 2.27. The molecule has 2 aromatic carbocycles. The number of hydrogen-bond acceptors (Lipinski definition) is 3. The van der Waals surface area contributed by atoms with E-state index in [9.17, 15) is 9.18 Å². The van der Waals surface area contributed by atoms with E-state index in [1.54, 1.807) is 37.6 Å². The molecule has 0 bridgehead atoms.